The highest BCUT2D eigenvalue weighted by Crippen LogP contribution is 2.37. The van der Waals surface area contributed by atoms with Gasteiger partial charge in [0.1, 0.15) is 11.6 Å². The van der Waals surface area contributed by atoms with Crippen LogP contribution in [0.2, 0.25) is 0 Å². The molecular weight excluding hydrogens is 719 g/mol. The Morgan fingerprint density at radius 1 is 1.04 bits per heavy atom. The Morgan fingerprint density at radius 2 is 1.80 bits per heavy atom. The van der Waals surface area contributed by atoms with Crippen LogP contribution in [0.5, 0.6) is 0 Å². The Bertz CT molecular complexity index is 2330. The zero-order chi connectivity index (χ0) is 38.5. The average molecular weight is 762 g/mol. The zero-order valence-electron chi connectivity index (χ0n) is 30.5. The van der Waals surface area contributed by atoms with Crippen molar-refractivity contribution in [1.82, 2.24) is 43.7 Å². The standard InChI is InChI=1S/C37H42F3N11O4/c1-46(23-12-14-48(15-13-23)27-4-3-5-28-32(27)47(2)37(55)51(28)29-10-11-30(52)44-36(29)54)18-21-6-8-24(9-7-21)49-20-26(31(45-49)33(39)40)43-35(53)25-17-42-50-19-22(38)16-41-34(25)50/h3-5,16-17,19-21,23-24,29,33H,6-15,18H2,1-2H3,(H,43,53)(H,44,52,54)/t21-,24-,29?. The van der Waals surface area contributed by atoms with Gasteiger partial charge in [0.2, 0.25) is 11.8 Å². The van der Waals surface area contributed by atoms with Crippen LogP contribution in [-0.4, -0.2) is 88.9 Å². The van der Waals surface area contributed by atoms with Gasteiger partial charge < -0.3 is 15.1 Å². The summed E-state index contributed by atoms with van der Waals surface area (Å²) in [6, 6.07) is 5.33. The number of amides is 3. The van der Waals surface area contributed by atoms with E-state index in [4.69, 9.17) is 0 Å². The number of benzene rings is 1. The fraction of sp³-hybridized carbons (Fsp3) is 0.486. The third-order valence-electron chi connectivity index (χ3n) is 11.6. The lowest BCUT2D eigenvalue weighted by molar-refractivity contribution is -0.135. The highest BCUT2D eigenvalue weighted by atomic mass is 19.3. The molecule has 1 unspecified atom stereocenters. The molecular formula is C37H42F3N11O4. The molecule has 6 heterocycles. The number of halogens is 3. The van der Waals surface area contributed by atoms with Crippen LogP contribution in [0.15, 0.2) is 47.8 Å². The van der Waals surface area contributed by atoms with E-state index in [0.717, 1.165) is 86.3 Å². The number of nitrogens with one attached hydrogen (secondary N) is 2. The van der Waals surface area contributed by atoms with E-state index in [1.54, 1.807) is 16.3 Å². The Hall–Kier alpha value is -5.52. The van der Waals surface area contributed by atoms with Crippen LogP contribution in [0.25, 0.3) is 16.7 Å². The number of carbonyl (C=O) groups is 3. The van der Waals surface area contributed by atoms with Crippen molar-refractivity contribution in [1.29, 1.82) is 0 Å². The van der Waals surface area contributed by atoms with Gasteiger partial charge in [-0.25, -0.2) is 27.5 Å². The second-order valence-corrected chi connectivity index (χ2v) is 14.9. The number of aromatic nitrogens is 7. The lowest BCUT2D eigenvalue weighted by Crippen LogP contribution is -2.45. The number of hydrogen-bond acceptors (Lipinski definition) is 9. The second kappa shape index (κ2) is 14.6. The monoisotopic (exact) mass is 761 g/mol. The highest BCUT2D eigenvalue weighted by Gasteiger charge is 2.34. The van der Waals surface area contributed by atoms with Gasteiger partial charge in [-0.3, -0.25) is 33.5 Å². The van der Waals surface area contributed by atoms with Crippen molar-refractivity contribution >= 4 is 45.8 Å². The second-order valence-electron chi connectivity index (χ2n) is 14.9. The van der Waals surface area contributed by atoms with Gasteiger partial charge in [-0.1, -0.05) is 6.07 Å². The molecule has 4 aromatic heterocycles. The molecule has 1 saturated carbocycles. The number of imide groups is 1. The van der Waals surface area contributed by atoms with Gasteiger partial charge in [0.15, 0.2) is 17.2 Å². The van der Waals surface area contributed by atoms with Crippen molar-refractivity contribution in [2.24, 2.45) is 13.0 Å². The molecule has 55 heavy (non-hydrogen) atoms. The van der Waals surface area contributed by atoms with Gasteiger partial charge in [-0.2, -0.15) is 10.2 Å². The molecule has 3 amide bonds. The van der Waals surface area contributed by atoms with Crippen LogP contribution >= 0.6 is 0 Å². The summed E-state index contributed by atoms with van der Waals surface area (Å²) in [6.07, 6.45) is 7.48. The summed E-state index contributed by atoms with van der Waals surface area (Å²) in [5.41, 5.74) is 1.64. The summed E-state index contributed by atoms with van der Waals surface area (Å²) in [5, 5.41) is 13.0. The van der Waals surface area contributed by atoms with Gasteiger partial charge in [0, 0.05) is 45.3 Å². The highest BCUT2D eigenvalue weighted by molar-refractivity contribution is 6.08. The fourth-order valence-corrected chi connectivity index (χ4v) is 8.65. The largest absolute Gasteiger partial charge is 0.370 e. The molecule has 5 aromatic rings. The minimum Gasteiger partial charge on any atom is -0.370 e. The van der Waals surface area contributed by atoms with Crippen LogP contribution < -0.4 is 21.2 Å². The smallest absolute Gasteiger partial charge is 0.329 e. The lowest BCUT2D eigenvalue weighted by atomic mass is 9.85. The zero-order valence-corrected chi connectivity index (χ0v) is 30.5. The first-order valence-electron chi connectivity index (χ1n) is 18.6. The predicted molar refractivity (Wildman–Crippen MR) is 196 cm³/mol. The van der Waals surface area contributed by atoms with Crippen molar-refractivity contribution in [3.05, 3.63) is 70.5 Å². The molecule has 18 heteroatoms. The minimum atomic E-state index is -2.90. The number of hydrogen-bond donors (Lipinski definition) is 2. The van der Waals surface area contributed by atoms with Gasteiger partial charge >= 0.3 is 5.69 Å². The van der Waals surface area contributed by atoms with Gasteiger partial charge in [-0.15, -0.1) is 0 Å². The third kappa shape index (κ3) is 6.87. The quantitative estimate of drug-likeness (QED) is 0.210. The third-order valence-corrected chi connectivity index (χ3v) is 11.6. The molecule has 2 aliphatic heterocycles. The number of para-hydroxylation sites is 1. The van der Waals surface area contributed by atoms with E-state index in [1.165, 1.54) is 17.0 Å². The molecule has 15 nitrogen and oxygen atoms in total. The van der Waals surface area contributed by atoms with Crippen LogP contribution in [0, 0.1) is 11.7 Å². The van der Waals surface area contributed by atoms with Crippen LogP contribution in [0.1, 0.15) is 85.9 Å². The number of imidazole rings is 1. The number of fused-ring (bicyclic) bond motifs is 2. The van der Waals surface area contributed by atoms with Gasteiger partial charge in [0.05, 0.1) is 47.0 Å². The number of rotatable bonds is 9. The molecule has 1 aliphatic carbocycles. The van der Waals surface area contributed by atoms with E-state index in [1.807, 2.05) is 18.2 Å². The molecule has 3 aliphatic rings. The molecule has 0 bridgehead atoms. The van der Waals surface area contributed by atoms with Gasteiger partial charge in [0.25, 0.3) is 12.3 Å². The summed E-state index contributed by atoms with van der Waals surface area (Å²) in [6.45, 7) is 2.52. The van der Waals surface area contributed by atoms with E-state index < -0.39 is 35.8 Å². The fourth-order valence-electron chi connectivity index (χ4n) is 8.65. The summed E-state index contributed by atoms with van der Waals surface area (Å²) in [4.78, 5) is 59.5. The Morgan fingerprint density at radius 3 is 2.53 bits per heavy atom. The molecule has 3 fully saturated rings. The van der Waals surface area contributed by atoms with E-state index in [0.29, 0.717) is 17.5 Å². The topological polar surface area (TPSA) is 157 Å². The summed E-state index contributed by atoms with van der Waals surface area (Å²) in [7, 11) is 3.88. The maximum absolute atomic E-state index is 14.1. The lowest BCUT2D eigenvalue weighted by Gasteiger charge is -2.40. The van der Waals surface area contributed by atoms with Crippen molar-refractivity contribution in [2.45, 2.75) is 75.9 Å². The molecule has 2 saturated heterocycles. The molecule has 0 radical (unpaired) electrons. The summed E-state index contributed by atoms with van der Waals surface area (Å²) in [5.74, 6) is -1.66. The normalized spacial score (nSPS) is 21.3. The Labute approximate surface area is 313 Å². The van der Waals surface area contributed by atoms with Crippen molar-refractivity contribution < 1.29 is 27.6 Å². The van der Waals surface area contributed by atoms with E-state index in [2.05, 4.69) is 42.7 Å². The Balaban J connectivity index is 0.867. The van der Waals surface area contributed by atoms with Crippen LogP contribution in [0.4, 0.5) is 24.5 Å². The molecule has 8 rings (SSSR count). The maximum Gasteiger partial charge on any atom is 0.329 e. The van der Waals surface area contributed by atoms with Crippen molar-refractivity contribution in [3.63, 3.8) is 0 Å². The number of alkyl halides is 2. The van der Waals surface area contributed by atoms with Crippen LogP contribution in [0.3, 0.4) is 0 Å². The molecule has 1 aromatic carbocycles. The minimum absolute atomic E-state index is 0.0225. The molecule has 290 valence electrons. The molecule has 2 N–H and O–H groups in total. The SMILES string of the molecule is CN(C[C@H]1CC[C@H](n2cc(NC(=O)c3cnn4cc(F)cnc34)c(C(F)F)n2)CC1)C1CCN(c2cccc3c2n(C)c(=O)n3C2CCC(=O)NC2=O)CC1. The number of carbonyl (C=O) groups excluding carboxylic acids is 3. The average Bonchev–Trinajstić information content (AvgIpc) is 3.86. The van der Waals surface area contributed by atoms with Crippen molar-refractivity contribution in [2.75, 3.05) is 36.9 Å². The predicted octanol–water partition coefficient (Wildman–Crippen LogP) is 4.22. The molecule has 1 atom stereocenters. The summed E-state index contributed by atoms with van der Waals surface area (Å²) >= 11 is 0. The number of piperidine rings is 2. The Kier molecular flexibility index (Phi) is 9.69. The van der Waals surface area contributed by atoms with E-state index in [-0.39, 0.29) is 47.4 Å². The van der Waals surface area contributed by atoms with Crippen molar-refractivity contribution in [3.8, 4) is 0 Å². The van der Waals surface area contributed by atoms with Crippen LogP contribution in [-0.2, 0) is 16.6 Å². The first-order valence-corrected chi connectivity index (χ1v) is 18.6. The number of anilines is 2. The maximum atomic E-state index is 14.1. The van der Waals surface area contributed by atoms with Gasteiger partial charge in [-0.05, 0) is 70.0 Å². The van der Waals surface area contributed by atoms with E-state index >= 15 is 0 Å². The number of nitrogens with zero attached hydrogens (tertiary/aromatic N) is 9. The first-order chi connectivity index (χ1) is 26.5. The first kappa shape index (κ1) is 36.5. The summed E-state index contributed by atoms with van der Waals surface area (Å²) < 4.78 is 47.4. The van der Waals surface area contributed by atoms with E-state index in [9.17, 15) is 32.3 Å². The number of aryl methyl sites for hydroxylation is 1. The molecule has 0 spiro atoms.